The molecule has 0 saturated heterocycles. The molecule has 0 unspecified atom stereocenters. The van der Waals surface area contributed by atoms with E-state index in [0.29, 0.717) is 0 Å². The van der Waals surface area contributed by atoms with E-state index in [0.717, 1.165) is 25.0 Å². The largest absolute Gasteiger partial charge is 0.299 e. The van der Waals surface area contributed by atoms with E-state index in [1.54, 1.807) is 6.07 Å². The molecule has 0 aromatic heterocycles. The van der Waals surface area contributed by atoms with Crippen molar-refractivity contribution in [3.63, 3.8) is 0 Å². The predicted octanol–water partition coefficient (Wildman–Crippen LogP) is 1.11. The first-order valence-corrected chi connectivity index (χ1v) is 6.48. The number of anilines is 1. The Morgan fingerprint density at radius 2 is 2.12 bits per heavy atom. The highest BCUT2D eigenvalue weighted by molar-refractivity contribution is 7.90. The summed E-state index contributed by atoms with van der Waals surface area (Å²) >= 11 is 0. The molecule has 1 fully saturated rings. The van der Waals surface area contributed by atoms with Crippen LogP contribution < -0.4 is 9.44 Å². The third-order valence-corrected chi connectivity index (χ3v) is 3.38. The fourth-order valence-electron chi connectivity index (χ4n) is 1.29. The molecule has 7 heteroatoms. The average Bonchev–Trinajstić information content (AvgIpc) is 3.03. The molecular weight excluding hydrogens is 245 g/mol. The zero-order valence-electron chi connectivity index (χ0n) is 8.77. The Kier molecular flexibility index (Phi) is 3.00. The van der Waals surface area contributed by atoms with E-state index < -0.39 is 16.0 Å². The summed E-state index contributed by atoms with van der Waals surface area (Å²) in [6.07, 6.45) is 1.63. The molecule has 1 aliphatic rings. The zero-order valence-corrected chi connectivity index (χ0v) is 9.59. The maximum atomic E-state index is 12.8. The maximum Gasteiger partial charge on any atom is 0.299 e. The summed E-state index contributed by atoms with van der Waals surface area (Å²) in [6, 6.07) is 5.00. The smallest absolute Gasteiger partial charge is 0.270 e. The fourth-order valence-corrected chi connectivity index (χ4v) is 2.49. The van der Waals surface area contributed by atoms with Crippen molar-refractivity contribution in [2.24, 2.45) is 0 Å². The molecular formula is C10H10FN3O2S. The molecule has 1 aliphatic carbocycles. The second-order valence-corrected chi connectivity index (χ2v) is 5.25. The Hall–Kier alpha value is -1.65. The quantitative estimate of drug-likeness (QED) is 0.845. The van der Waals surface area contributed by atoms with Gasteiger partial charge in [0.15, 0.2) is 0 Å². The van der Waals surface area contributed by atoms with Crippen LogP contribution in [0.15, 0.2) is 18.2 Å². The fraction of sp³-hybridized carbons (Fsp3) is 0.300. The van der Waals surface area contributed by atoms with Crippen LogP contribution in [0.1, 0.15) is 18.4 Å². The average molecular weight is 255 g/mol. The summed E-state index contributed by atoms with van der Waals surface area (Å²) < 4.78 is 40.6. The Bertz CT molecular complexity index is 576. The molecule has 0 spiro atoms. The van der Waals surface area contributed by atoms with Crippen molar-refractivity contribution in [3.05, 3.63) is 29.6 Å². The van der Waals surface area contributed by atoms with Gasteiger partial charge in [0.1, 0.15) is 11.9 Å². The number of hydrogen-bond acceptors (Lipinski definition) is 3. The lowest BCUT2D eigenvalue weighted by Gasteiger charge is -2.09. The number of rotatable bonds is 4. The second kappa shape index (κ2) is 4.31. The van der Waals surface area contributed by atoms with Crippen LogP contribution in [-0.4, -0.2) is 14.5 Å². The van der Waals surface area contributed by atoms with Crippen molar-refractivity contribution in [2.75, 3.05) is 4.72 Å². The van der Waals surface area contributed by atoms with Gasteiger partial charge in [0.05, 0.1) is 11.3 Å². The van der Waals surface area contributed by atoms with E-state index in [4.69, 9.17) is 5.26 Å². The summed E-state index contributed by atoms with van der Waals surface area (Å²) in [5.74, 6) is -0.584. The lowest BCUT2D eigenvalue weighted by Crippen LogP contribution is -2.32. The van der Waals surface area contributed by atoms with E-state index in [9.17, 15) is 12.8 Å². The van der Waals surface area contributed by atoms with Crippen molar-refractivity contribution in [3.8, 4) is 6.07 Å². The minimum absolute atomic E-state index is 0.0292. The molecule has 0 radical (unpaired) electrons. The van der Waals surface area contributed by atoms with Gasteiger partial charge in [-0.2, -0.15) is 18.4 Å². The summed E-state index contributed by atoms with van der Waals surface area (Å²) in [5.41, 5.74) is 0.0215. The van der Waals surface area contributed by atoms with Crippen LogP contribution in [0.4, 0.5) is 10.1 Å². The topological polar surface area (TPSA) is 82.0 Å². The zero-order chi connectivity index (χ0) is 12.5. The molecule has 2 rings (SSSR count). The van der Waals surface area contributed by atoms with Gasteiger partial charge in [-0.05, 0) is 31.0 Å². The molecule has 0 heterocycles. The van der Waals surface area contributed by atoms with E-state index in [-0.39, 0.29) is 17.3 Å². The van der Waals surface area contributed by atoms with Gasteiger partial charge in [-0.3, -0.25) is 4.72 Å². The molecule has 0 amide bonds. The number of halogens is 1. The van der Waals surface area contributed by atoms with Crippen LogP contribution >= 0.6 is 0 Å². The first-order valence-electron chi connectivity index (χ1n) is 5.00. The lowest BCUT2D eigenvalue weighted by atomic mass is 10.2. The summed E-state index contributed by atoms with van der Waals surface area (Å²) in [6.45, 7) is 0. The van der Waals surface area contributed by atoms with E-state index in [2.05, 4.69) is 9.44 Å². The molecule has 1 aromatic rings. The van der Waals surface area contributed by atoms with Crippen LogP contribution in [0, 0.1) is 17.1 Å². The number of nitriles is 1. The molecule has 2 N–H and O–H groups in total. The summed E-state index contributed by atoms with van der Waals surface area (Å²) in [5, 5.41) is 8.76. The van der Waals surface area contributed by atoms with Crippen LogP contribution in [0.5, 0.6) is 0 Å². The third kappa shape index (κ3) is 3.15. The van der Waals surface area contributed by atoms with Crippen molar-refractivity contribution < 1.29 is 12.8 Å². The van der Waals surface area contributed by atoms with Crippen molar-refractivity contribution in [2.45, 2.75) is 18.9 Å². The number of benzene rings is 1. The molecule has 17 heavy (non-hydrogen) atoms. The highest BCUT2D eigenvalue weighted by atomic mass is 32.2. The third-order valence-electron chi connectivity index (χ3n) is 2.25. The molecule has 5 nitrogen and oxygen atoms in total. The predicted molar refractivity (Wildman–Crippen MR) is 59.8 cm³/mol. The van der Waals surface area contributed by atoms with Gasteiger partial charge < -0.3 is 0 Å². The van der Waals surface area contributed by atoms with Crippen LogP contribution in [0.2, 0.25) is 0 Å². The van der Waals surface area contributed by atoms with Crippen LogP contribution in [0.25, 0.3) is 0 Å². The van der Waals surface area contributed by atoms with Gasteiger partial charge in [0, 0.05) is 6.04 Å². The van der Waals surface area contributed by atoms with Gasteiger partial charge >= 0.3 is 0 Å². The van der Waals surface area contributed by atoms with Gasteiger partial charge in [-0.1, -0.05) is 0 Å². The van der Waals surface area contributed by atoms with Gasteiger partial charge in [0.25, 0.3) is 10.2 Å². The van der Waals surface area contributed by atoms with E-state index in [1.807, 2.05) is 0 Å². The Morgan fingerprint density at radius 3 is 2.71 bits per heavy atom. The van der Waals surface area contributed by atoms with Gasteiger partial charge in [0.2, 0.25) is 0 Å². The monoisotopic (exact) mass is 255 g/mol. The minimum Gasteiger partial charge on any atom is -0.270 e. The van der Waals surface area contributed by atoms with Crippen LogP contribution in [0.3, 0.4) is 0 Å². The minimum atomic E-state index is -3.69. The lowest BCUT2D eigenvalue weighted by molar-refractivity contribution is 0.586. The maximum absolute atomic E-state index is 12.8. The molecule has 0 aliphatic heterocycles. The van der Waals surface area contributed by atoms with Crippen molar-refractivity contribution in [1.82, 2.24) is 4.72 Å². The van der Waals surface area contributed by atoms with E-state index >= 15 is 0 Å². The molecule has 0 bridgehead atoms. The molecule has 0 atom stereocenters. The van der Waals surface area contributed by atoms with Crippen molar-refractivity contribution in [1.29, 1.82) is 5.26 Å². The number of hydrogen-bond donors (Lipinski definition) is 2. The summed E-state index contributed by atoms with van der Waals surface area (Å²) in [7, 11) is -3.69. The van der Waals surface area contributed by atoms with Crippen LogP contribution in [-0.2, 0) is 10.2 Å². The molecule has 1 saturated carbocycles. The SMILES string of the molecule is N#Cc1cc(F)ccc1NS(=O)(=O)NC1CC1. The summed E-state index contributed by atoms with van der Waals surface area (Å²) in [4.78, 5) is 0. The normalized spacial score (nSPS) is 15.3. The first-order chi connectivity index (χ1) is 8.00. The number of nitrogens with zero attached hydrogens (tertiary/aromatic N) is 1. The highest BCUT2D eigenvalue weighted by Crippen LogP contribution is 2.21. The van der Waals surface area contributed by atoms with Crippen molar-refractivity contribution >= 4 is 15.9 Å². The first kappa shape index (κ1) is 11.8. The second-order valence-electron chi connectivity index (χ2n) is 3.80. The Balaban J connectivity index is 2.20. The molecule has 90 valence electrons. The Morgan fingerprint density at radius 1 is 1.41 bits per heavy atom. The number of nitrogens with one attached hydrogen (secondary N) is 2. The molecule has 1 aromatic carbocycles. The Labute approximate surface area is 98.4 Å². The van der Waals surface area contributed by atoms with Gasteiger partial charge in [-0.15, -0.1) is 0 Å². The standard InChI is InChI=1S/C10H10FN3O2S/c11-8-1-4-10(7(5-8)6-12)14-17(15,16)13-9-2-3-9/h1,4-5,9,13-14H,2-3H2. The van der Waals surface area contributed by atoms with Gasteiger partial charge in [-0.25, -0.2) is 4.39 Å². The van der Waals surface area contributed by atoms with E-state index in [1.165, 1.54) is 6.07 Å². The highest BCUT2D eigenvalue weighted by Gasteiger charge is 2.27.